The van der Waals surface area contributed by atoms with Crippen molar-refractivity contribution in [3.63, 3.8) is 0 Å². The lowest BCUT2D eigenvalue weighted by Gasteiger charge is -1.89. The predicted octanol–water partition coefficient (Wildman–Crippen LogP) is 0.773. The van der Waals surface area contributed by atoms with E-state index in [9.17, 15) is 17.6 Å². The number of nitrogens with zero attached hydrogens (tertiary/aromatic N) is 2. The van der Waals surface area contributed by atoms with Gasteiger partial charge in [-0.1, -0.05) is 5.16 Å². The summed E-state index contributed by atoms with van der Waals surface area (Å²) < 4.78 is 42.8. The van der Waals surface area contributed by atoms with Gasteiger partial charge in [-0.05, 0) is 0 Å². The summed E-state index contributed by atoms with van der Waals surface area (Å²) in [5.74, 6) is -1.06. The van der Waals surface area contributed by atoms with Gasteiger partial charge in [0.05, 0.1) is 0 Å². The molecule has 0 bridgehead atoms. The first-order valence-electron chi connectivity index (χ1n) is 2.39. The molecule has 12 heavy (non-hydrogen) atoms. The van der Waals surface area contributed by atoms with E-state index >= 15 is 0 Å². The highest BCUT2D eigenvalue weighted by Gasteiger charge is 2.06. The molecule has 0 heterocycles. The van der Waals surface area contributed by atoms with E-state index in [4.69, 9.17) is 10.5 Å². The third-order valence-corrected chi connectivity index (χ3v) is 0.437. The molecular weight excluding hydrogens is 182 g/mol. The fraction of sp³-hybridized carbons (Fsp3) is 0.500. The number of nitriles is 1. The average molecular weight is 187 g/mol. The molecule has 0 fully saturated rings. The van der Waals surface area contributed by atoms with Gasteiger partial charge in [0, 0.05) is 0 Å². The van der Waals surface area contributed by atoms with Gasteiger partial charge in [0.2, 0.25) is 5.84 Å². The standard InChI is InChI=1S/C2H4F2N2O.C2HF2N/c3-1(4)2(5)6-7;3-2(4)1-5/h1,7H,(H2,5,6);2H. The summed E-state index contributed by atoms with van der Waals surface area (Å²) in [6, 6.07) is 0.694. The molecular formula is C4H5F4N3O. The Kier molecular flexibility index (Phi) is 8.28. The Balaban J connectivity index is 0. The topological polar surface area (TPSA) is 82.4 Å². The van der Waals surface area contributed by atoms with Crippen molar-refractivity contribution in [2.24, 2.45) is 10.9 Å². The van der Waals surface area contributed by atoms with Crippen LogP contribution in [-0.2, 0) is 0 Å². The van der Waals surface area contributed by atoms with Crippen LogP contribution in [0.1, 0.15) is 0 Å². The Bertz CT molecular complexity index is 176. The Morgan fingerprint density at radius 1 is 1.42 bits per heavy atom. The summed E-state index contributed by atoms with van der Waals surface area (Å²) >= 11 is 0. The molecule has 0 saturated heterocycles. The summed E-state index contributed by atoms with van der Waals surface area (Å²) in [5, 5.41) is 16.7. The molecule has 0 aliphatic heterocycles. The molecule has 4 nitrogen and oxygen atoms in total. The van der Waals surface area contributed by atoms with Crippen molar-refractivity contribution in [1.29, 1.82) is 5.26 Å². The summed E-state index contributed by atoms with van der Waals surface area (Å²) in [5.41, 5.74) is 4.37. The van der Waals surface area contributed by atoms with Crippen molar-refractivity contribution in [1.82, 2.24) is 0 Å². The van der Waals surface area contributed by atoms with E-state index in [-0.39, 0.29) is 0 Å². The van der Waals surface area contributed by atoms with Gasteiger partial charge in [0.1, 0.15) is 6.07 Å². The zero-order chi connectivity index (χ0) is 10.1. The summed E-state index contributed by atoms with van der Waals surface area (Å²) in [4.78, 5) is 0. The van der Waals surface area contributed by atoms with Gasteiger partial charge >= 0.3 is 6.43 Å². The van der Waals surface area contributed by atoms with Crippen LogP contribution in [0.15, 0.2) is 5.16 Å². The first-order valence-corrected chi connectivity index (χ1v) is 2.39. The largest absolute Gasteiger partial charge is 0.409 e. The van der Waals surface area contributed by atoms with Crippen LogP contribution in [0.5, 0.6) is 0 Å². The summed E-state index contributed by atoms with van der Waals surface area (Å²) in [6.45, 7) is 0. The number of hydrogen-bond acceptors (Lipinski definition) is 3. The minimum atomic E-state index is -2.86. The molecule has 0 rings (SSSR count). The Morgan fingerprint density at radius 2 is 1.75 bits per heavy atom. The molecule has 0 spiro atoms. The second-order valence-electron chi connectivity index (χ2n) is 1.26. The summed E-state index contributed by atoms with van der Waals surface area (Å²) in [6.07, 6.45) is -5.67. The van der Waals surface area contributed by atoms with E-state index in [0.29, 0.717) is 6.07 Å². The third kappa shape index (κ3) is 11.3. The van der Waals surface area contributed by atoms with Crippen LogP contribution in [0.25, 0.3) is 0 Å². The highest BCUT2D eigenvalue weighted by molar-refractivity contribution is 5.82. The van der Waals surface area contributed by atoms with E-state index in [1.807, 2.05) is 5.16 Å². The molecule has 8 heteroatoms. The van der Waals surface area contributed by atoms with Gasteiger partial charge in [-0.2, -0.15) is 14.0 Å². The van der Waals surface area contributed by atoms with Crippen molar-refractivity contribution in [3.8, 4) is 6.07 Å². The quantitative estimate of drug-likeness (QED) is 0.209. The zero-order valence-corrected chi connectivity index (χ0v) is 5.59. The first-order chi connectivity index (χ1) is 5.45. The Morgan fingerprint density at radius 3 is 1.75 bits per heavy atom. The van der Waals surface area contributed by atoms with Crippen LogP contribution in [-0.4, -0.2) is 23.9 Å². The lowest BCUT2D eigenvalue weighted by Crippen LogP contribution is -2.20. The molecule has 0 aliphatic rings. The smallest absolute Gasteiger partial charge is 0.322 e. The van der Waals surface area contributed by atoms with Crippen LogP contribution in [0.4, 0.5) is 17.6 Å². The van der Waals surface area contributed by atoms with Crippen LogP contribution >= 0.6 is 0 Å². The van der Waals surface area contributed by atoms with Crippen molar-refractivity contribution in [2.45, 2.75) is 12.9 Å². The normalized spacial score (nSPS) is 10.6. The number of hydrogen-bond donors (Lipinski definition) is 2. The van der Waals surface area contributed by atoms with Gasteiger partial charge in [-0.3, -0.25) is 0 Å². The molecule has 0 radical (unpaired) electrons. The molecule has 0 aliphatic carbocycles. The Labute approximate surface area is 64.9 Å². The van der Waals surface area contributed by atoms with Crippen molar-refractivity contribution >= 4 is 5.84 Å². The van der Waals surface area contributed by atoms with Crippen LogP contribution in [0.2, 0.25) is 0 Å². The number of amidine groups is 1. The molecule has 0 amide bonds. The molecule has 0 aromatic heterocycles. The number of alkyl halides is 4. The monoisotopic (exact) mass is 187 g/mol. The Hall–Kier alpha value is -1.52. The predicted molar refractivity (Wildman–Crippen MR) is 31.0 cm³/mol. The molecule has 0 unspecified atom stereocenters. The SMILES string of the molecule is N#CC(F)F.N/C(=N\O)C(F)F. The van der Waals surface area contributed by atoms with Gasteiger partial charge < -0.3 is 10.9 Å². The second kappa shape index (κ2) is 7.59. The minimum absolute atomic E-state index is 0.694. The van der Waals surface area contributed by atoms with Crippen molar-refractivity contribution in [3.05, 3.63) is 0 Å². The van der Waals surface area contributed by atoms with Crippen molar-refractivity contribution in [2.75, 3.05) is 0 Å². The third-order valence-electron chi connectivity index (χ3n) is 0.437. The van der Waals surface area contributed by atoms with E-state index < -0.39 is 18.7 Å². The maximum atomic E-state index is 11.0. The molecule has 0 saturated carbocycles. The van der Waals surface area contributed by atoms with Crippen molar-refractivity contribution < 1.29 is 22.8 Å². The second-order valence-corrected chi connectivity index (χ2v) is 1.26. The van der Waals surface area contributed by atoms with E-state index in [1.54, 1.807) is 0 Å². The number of nitrogens with two attached hydrogens (primary N) is 1. The fourth-order valence-electron chi connectivity index (χ4n) is 0.0436. The summed E-state index contributed by atoms with van der Waals surface area (Å²) in [7, 11) is 0. The van der Waals surface area contributed by atoms with Gasteiger partial charge in [-0.25, -0.2) is 8.78 Å². The fourth-order valence-corrected chi connectivity index (χ4v) is 0.0436. The molecule has 3 N–H and O–H groups in total. The maximum absolute atomic E-state index is 11.0. The van der Waals surface area contributed by atoms with Gasteiger partial charge in [-0.15, -0.1) is 0 Å². The van der Waals surface area contributed by atoms with Crippen LogP contribution in [0, 0.1) is 11.3 Å². The van der Waals surface area contributed by atoms with Gasteiger partial charge in [0.25, 0.3) is 6.43 Å². The lowest BCUT2D eigenvalue weighted by atomic mass is 10.7. The van der Waals surface area contributed by atoms with Gasteiger partial charge in [0.15, 0.2) is 0 Å². The highest BCUT2D eigenvalue weighted by Crippen LogP contribution is 1.88. The first kappa shape index (κ1) is 13.1. The molecule has 0 aromatic rings. The molecule has 0 aromatic carbocycles. The number of halogens is 4. The molecule has 70 valence electrons. The zero-order valence-electron chi connectivity index (χ0n) is 5.59. The lowest BCUT2D eigenvalue weighted by molar-refractivity contribution is 0.212. The van der Waals surface area contributed by atoms with E-state index in [1.165, 1.54) is 0 Å². The maximum Gasteiger partial charge on any atom is 0.322 e. The van der Waals surface area contributed by atoms with E-state index in [2.05, 4.69) is 5.73 Å². The minimum Gasteiger partial charge on any atom is -0.409 e. The average Bonchev–Trinajstić information content (AvgIpc) is 2.04. The molecule has 0 atom stereocenters. The highest BCUT2D eigenvalue weighted by atomic mass is 19.3. The number of rotatable bonds is 1. The number of oxime groups is 1. The van der Waals surface area contributed by atoms with E-state index in [0.717, 1.165) is 0 Å². The van der Waals surface area contributed by atoms with Crippen LogP contribution in [0.3, 0.4) is 0 Å². The van der Waals surface area contributed by atoms with Crippen LogP contribution < -0.4 is 5.73 Å².